The summed E-state index contributed by atoms with van der Waals surface area (Å²) in [6.07, 6.45) is -0.135. The highest BCUT2D eigenvalue weighted by atomic mass is 19.3. The lowest BCUT2D eigenvalue weighted by Gasteiger charge is -2.10. The number of alkyl halides is 2. The maximum absolute atomic E-state index is 11.7. The Kier molecular flexibility index (Phi) is 2.36. The molecule has 0 saturated heterocycles. The van der Waals surface area contributed by atoms with Crippen LogP contribution in [-0.2, 0) is 0 Å². The fourth-order valence-electron chi connectivity index (χ4n) is 0.686. The smallest absolute Gasteiger partial charge is 0.255 e. The molecule has 1 unspecified atom stereocenters. The van der Waals surface area contributed by atoms with E-state index < -0.39 is 19.0 Å². The van der Waals surface area contributed by atoms with Gasteiger partial charge in [0.05, 0.1) is 19.2 Å². The molecule has 11 heavy (non-hydrogen) atoms. The van der Waals surface area contributed by atoms with Crippen LogP contribution in [0.3, 0.4) is 0 Å². The van der Waals surface area contributed by atoms with E-state index in [1.54, 1.807) is 6.07 Å². The summed E-state index contributed by atoms with van der Waals surface area (Å²) in [5.74, 6) is 0. The topological polar surface area (TPSA) is 39.4 Å². The Bertz CT molecular complexity index is 196. The molecule has 1 heterocycles. The predicted octanol–water partition coefficient (Wildman–Crippen LogP) is 0.526. The van der Waals surface area contributed by atoms with Crippen molar-refractivity contribution in [3.8, 4) is 6.07 Å². The average molecular weight is 157 g/mol. The van der Waals surface area contributed by atoms with Crippen LogP contribution in [0.2, 0.25) is 0 Å². The predicted molar refractivity (Wildman–Crippen MR) is 33.8 cm³/mol. The number of rotatable bonds is 2. The molecule has 1 atom stereocenters. The third-order valence-electron chi connectivity index (χ3n) is 1.11. The van der Waals surface area contributed by atoms with Gasteiger partial charge in [0, 0.05) is 0 Å². The van der Waals surface area contributed by atoms with Gasteiger partial charge in [-0.1, -0.05) is 0 Å². The Morgan fingerprint density at radius 1 is 1.82 bits per heavy atom. The molecule has 0 fully saturated rings. The quantitative estimate of drug-likeness (QED) is 0.586. The number of hydrogen-bond acceptors (Lipinski definition) is 3. The van der Waals surface area contributed by atoms with Gasteiger partial charge < -0.3 is 4.90 Å². The van der Waals surface area contributed by atoms with Gasteiger partial charge in [-0.25, -0.2) is 13.8 Å². The van der Waals surface area contributed by atoms with E-state index in [9.17, 15) is 8.78 Å². The van der Waals surface area contributed by atoms with Crippen molar-refractivity contribution in [3.63, 3.8) is 0 Å². The summed E-state index contributed by atoms with van der Waals surface area (Å²) in [6, 6.07) is 1.15. The molecule has 0 aliphatic carbocycles. The summed E-state index contributed by atoms with van der Waals surface area (Å²) in [6.45, 7) is 0.869. The summed E-state index contributed by atoms with van der Waals surface area (Å²) in [4.78, 5) is 4.61. The molecule has 3 nitrogen and oxygen atoms in total. The van der Waals surface area contributed by atoms with Gasteiger partial charge in [-0.3, -0.25) is 0 Å². The minimum atomic E-state index is -2.42. The first-order chi connectivity index (χ1) is 5.22. The molecule has 58 valence electrons. The second kappa shape index (κ2) is 3.28. The maximum atomic E-state index is 11.7. The fourth-order valence-corrected chi connectivity index (χ4v) is 0.686. The Hall–Kier alpha value is -1.18. The van der Waals surface area contributed by atoms with Gasteiger partial charge in [0.25, 0.3) is 6.43 Å². The first kappa shape index (κ1) is 7.92. The number of hydrogen-bond donors (Lipinski definition) is 0. The standard InChI is InChI=1S/C6H5F2N3/c7-6(8)3-11-2-5(1-9)10-4-11/h2,5-6H,3H2. The highest BCUT2D eigenvalue weighted by molar-refractivity contribution is 5.60. The largest absolute Gasteiger partial charge is 0.340 e. The zero-order valence-electron chi connectivity index (χ0n) is 5.54. The molecule has 5 heteroatoms. The molecule has 0 bridgehead atoms. The SMILES string of the molecule is N#CC1[CH]N(CC(F)F)[C]=N1. The van der Waals surface area contributed by atoms with Crippen molar-refractivity contribution in [1.29, 1.82) is 5.26 Å². The van der Waals surface area contributed by atoms with E-state index in [1.165, 1.54) is 6.54 Å². The lowest BCUT2D eigenvalue weighted by atomic mass is 10.3. The summed E-state index contributed by atoms with van der Waals surface area (Å²) in [5.41, 5.74) is 0. The molecule has 0 amide bonds. The first-order valence-electron chi connectivity index (χ1n) is 2.97. The van der Waals surface area contributed by atoms with Crippen molar-refractivity contribution in [3.05, 3.63) is 6.54 Å². The zero-order valence-corrected chi connectivity index (χ0v) is 5.54. The van der Waals surface area contributed by atoms with Gasteiger partial charge in [-0.2, -0.15) is 5.26 Å². The fraction of sp³-hybridized carbons (Fsp3) is 0.500. The summed E-state index contributed by atoms with van der Waals surface area (Å²) < 4.78 is 23.4. The third-order valence-corrected chi connectivity index (χ3v) is 1.11. The minimum absolute atomic E-state index is 0.443. The molecule has 1 rings (SSSR count). The van der Waals surface area contributed by atoms with E-state index in [1.807, 2.05) is 0 Å². The first-order valence-corrected chi connectivity index (χ1v) is 2.97. The van der Waals surface area contributed by atoms with E-state index in [0.29, 0.717) is 0 Å². The van der Waals surface area contributed by atoms with Gasteiger partial charge in [0.15, 0.2) is 12.4 Å². The van der Waals surface area contributed by atoms with Crippen molar-refractivity contribution < 1.29 is 8.78 Å². The maximum Gasteiger partial charge on any atom is 0.255 e. The molecule has 0 N–H and O–H groups in total. The second-order valence-corrected chi connectivity index (χ2v) is 2.00. The number of nitriles is 1. The highest BCUT2D eigenvalue weighted by Gasteiger charge is 2.20. The summed E-state index contributed by atoms with van der Waals surface area (Å²) in [7, 11) is 0. The van der Waals surface area contributed by atoms with Crippen molar-refractivity contribution in [2.75, 3.05) is 6.54 Å². The molecular formula is C6H5F2N3. The number of nitrogens with zero attached hydrogens (tertiary/aromatic N) is 3. The molecule has 0 spiro atoms. The Morgan fingerprint density at radius 2 is 2.55 bits per heavy atom. The minimum Gasteiger partial charge on any atom is -0.340 e. The van der Waals surface area contributed by atoms with Crippen LogP contribution in [0.1, 0.15) is 0 Å². The van der Waals surface area contributed by atoms with Crippen molar-refractivity contribution >= 4 is 6.34 Å². The number of aliphatic imine (C=N–C) groups is 1. The van der Waals surface area contributed by atoms with Crippen molar-refractivity contribution in [1.82, 2.24) is 4.90 Å². The molecule has 1 aliphatic heterocycles. The highest BCUT2D eigenvalue weighted by Crippen LogP contribution is 2.09. The van der Waals surface area contributed by atoms with Gasteiger partial charge >= 0.3 is 0 Å². The third kappa shape index (κ3) is 2.15. The van der Waals surface area contributed by atoms with E-state index >= 15 is 0 Å². The molecule has 2 radical (unpaired) electrons. The van der Waals surface area contributed by atoms with Gasteiger partial charge in [-0.05, 0) is 0 Å². The molecule has 0 aromatic carbocycles. The lowest BCUT2D eigenvalue weighted by Crippen LogP contribution is -2.23. The number of halogens is 2. The van der Waals surface area contributed by atoms with E-state index in [-0.39, 0.29) is 0 Å². The molecular weight excluding hydrogens is 152 g/mol. The average Bonchev–Trinajstić information content (AvgIpc) is 2.34. The molecule has 1 aliphatic rings. The molecule has 0 aromatic rings. The summed E-state index contributed by atoms with van der Waals surface area (Å²) >= 11 is 0. The second-order valence-electron chi connectivity index (χ2n) is 2.00. The summed E-state index contributed by atoms with van der Waals surface area (Å²) in [5, 5.41) is 8.29. The van der Waals surface area contributed by atoms with Gasteiger partial charge in [0.1, 0.15) is 0 Å². The van der Waals surface area contributed by atoms with Crippen LogP contribution in [0.4, 0.5) is 8.78 Å². The van der Waals surface area contributed by atoms with Gasteiger partial charge in [-0.15, -0.1) is 0 Å². The van der Waals surface area contributed by atoms with Crippen LogP contribution >= 0.6 is 0 Å². The van der Waals surface area contributed by atoms with Crippen molar-refractivity contribution in [2.24, 2.45) is 4.99 Å². The zero-order chi connectivity index (χ0) is 8.27. The van der Waals surface area contributed by atoms with Crippen LogP contribution in [0.25, 0.3) is 0 Å². The van der Waals surface area contributed by atoms with Crippen LogP contribution in [-0.4, -0.2) is 30.3 Å². The van der Waals surface area contributed by atoms with Crippen molar-refractivity contribution in [2.45, 2.75) is 12.5 Å². The Balaban J connectivity index is 2.33. The van der Waals surface area contributed by atoms with Crippen LogP contribution in [0.15, 0.2) is 4.99 Å². The Labute approximate surface area is 62.9 Å². The monoisotopic (exact) mass is 157 g/mol. The van der Waals surface area contributed by atoms with E-state index in [2.05, 4.69) is 11.3 Å². The normalized spacial score (nSPS) is 22.7. The van der Waals surface area contributed by atoms with Crippen LogP contribution in [0.5, 0.6) is 0 Å². The van der Waals surface area contributed by atoms with E-state index in [4.69, 9.17) is 5.26 Å². The molecule has 0 aromatic heterocycles. The van der Waals surface area contributed by atoms with Crippen LogP contribution < -0.4 is 0 Å². The van der Waals surface area contributed by atoms with Gasteiger partial charge in [0.2, 0.25) is 0 Å². The Morgan fingerprint density at radius 3 is 3.00 bits per heavy atom. The molecule has 0 saturated carbocycles. The van der Waals surface area contributed by atoms with E-state index in [0.717, 1.165) is 4.90 Å². The van der Waals surface area contributed by atoms with Crippen LogP contribution in [0, 0.1) is 17.9 Å². The lowest BCUT2D eigenvalue weighted by molar-refractivity contribution is 0.126.